The molecule has 0 spiro atoms. The van der Waals surface area contributed by atoms with Crippen LogP contribution in [0.3, 0.4) is 0 Å². The zero-order valence-electron chi connectivity index (χ0n) is 11.3. The van der Waals surface area contributed by atoms with Crippen LogP contribution in [0.2, 0.25) is 0 Å². The van der Waals surface area contributed by atoms with Crippen LogP contribution in [0.25, 0.3) is 0 Å². The fourth-order valence-corrected chi connectivity index (χ4v) is 2.36. The van der Waals surface area contributed by atoms with Gasteiger partial charge < -0.3 is 9.64 Å². The van der Waals surface area contributed by atoms with Crippen LogP contribution in [0.4, 0.5) is 0 Å². The Labute approximate surface area is 104 Å². The van der Waals surface area contributed by atoms with Crippen LogP contribution in [-0.2, 0) is 9.53 Å². The number of rotatable bonds is 5. The first kappa shape index (κ1) is 14.2. The Morgan fingerprint density at radius 1 is 1.47 bits per heavy atom. The highest BCUT2D eigenvalue weighted by Crippen LogP contribution is 2.19. The minimum absolute atomic E-state index is 0.246. The van der Waals surface area contributed by atoms with Crippen molar-refractivity contribution in [3.63, 3.8) is 0 Å². The Morgan fingerprint density at radius 3 is 2.71 bits per heavy atom. The van der Waals surface area contributed by atoms with E-state index in [1.807, 2.05) is 13.0 Å². The van der Waals surface area contributed by atoms with Gasteiger partial charge in [-0.15, -0.1) is 0 Å². The molecule has 0 saturated carbocycles. The van der Waals surface area contributed by atoms with Crippen LogP contribution in [0.15, 0.2) is 12.2 Å². The van der Waals surface area contributed by atoms with Gasteiger partial charge in [-0.05, 0) is 26.9 Å². The van der Waals surface area contributed by atoms with E-state index in [9.17, 15) is 4.79 Å². The topological polar surface area (TPSA) is 32.8 Å². The molecule has 1 aliphatic heterocycles. The molecule has 0 N–H and O–H groups in total. The average molecular weight is 240 g/mol. The van der Waals surface area contributed by atoms with Crippen LogP contribution >= 0.6 is 0 Å². The second kappa shape index (κ2) is 6.77. The molecule has 0 aromatic rings. The molecule has 1 rings (SSSR count). The molecule has 1 fully saturated rings. The summed E-state index contributed by atoms with van der Waals surface area (Å²) < 4.78 is 4.83. The van der Waals surface area contributed by atoms with Crippen LogP contribution in [0, 0.1) is 5.92 Å². The Hall–Kier alpha value is -0.870. The van der Waals surface area contributed by atoms with Crippen molar-refractivity contribution in [2.45, 2.75) is 19.9 Å². The van der Waals surface area contributed by atoms with E-state index >= 15 is 0 Å². The lowest BCUT2D eigenvalue weighted by atomic mass is 10.1. The summed E-state index contributed by atoms with van der Waals surface area (Å²) >= 11 is 0. The normalized spacial score (nSPS) is 25.9. The predicted molar refractivity (Wildman–Crippen MR) is 68.9 cm³/mol. The van der Waals surface area contributed by atoms with E-state index in [0.29, 0.717) is 18.6 Å². The molecule has 2 unspecified atom stereocenters. The molecule has 17 heavy (non-hydrogen) atoms. The first-order chi connectivity index (χ1) is 8.04. The highest BCUT2D eigenvalue weighted by atomic mass is 16.5. The summed E-state index contributed by atoms with van der Waals surface area (Å²) in [6.45, 7) is 7.52. The summed E-state index contributed by atoms with van der Waals surface area (Å²) in [5, 5.41) is 0. The summed E-state index contributed by atoms with van der Waals surface area (Å²) in [6, 6.07) is 0.617. The zero-order valence-corrected chi connectivity index (χ0v) is 11.3. The van der Waals surface area contributed by atoms with Gasteiger partial charge in [-0.2, -0.15) is 0 Å². The van der Waals surface area contributed by atoms with E-state index in [-0.39, 0.29) is 5.97 Å². The lowest BCUT2D eigenvalue weighted by molar-refractivity contribution is -0.137. The van der Waals surface area contributed by atoms with Crippen molar-refractivity contribution in [1.82, 2.24) is 9.80 Å². The molecular formula is C13H24N2O2. The van der Waals surface area contributed by atoms with Crippen LogP contribution < -0.4 is 0 Å². The Bertz CT molecular complexity index is 277. The van der Waals surface area contributed by atoms with Gasteiger partial charge in [-0.25, -0.2) is 4.79 Å². The number of likely N-dealkylation sites (tertiary alicyclic amines) is 1. The number of hydrogen-bond acceptors (Lipinski definition) is 4. The van der Waals surface area contributed by atoms with Gasteiger partial charge in [-0.3, -0.25) is 4.90 Å². The predicted octanol–water partition coefficient (Wildman–Crippen LogP) is 0.988. The minimum atomic E-state index is -0.246. The second-order valence-electron chi connectivity index (χ2n) is 4.88. The van der Waals surface area contributed by atoms with Crippen molar-refractivity contribution in [3.8, 4) is 0 Å². The third-order valence-corrected chi connectivity index (χ3v) is 3.22. The largest absolute Gasteiger partial charge is 0.463 e. The van der Waals surface area contributed by atoms with E-state index in [1.165, 1.54) is 6.08 Å². The van der Waals surface area contributed by atoms with Gasteiger partial charge in [0.15, 0.2) is 0 Å². The molecule has 1 heterocycles. The van der Waals surface area contributed by atoms with E-state index in [4.69, 9.17) is 4.74 Å². The molecule has 1 saturated heterocycles. The summed E-state index contributed by atoms with van der Waals surface area (Å²) in [7, 11) is 4.25. The van der Waals surface area contributed by atoms with Crippen molar-refractivity contribution < 1.29 is 9.53 Å². The third kappa shape index (κ3) is 4.48. The van der Waals surface area contributed by atoms with Gasteiger partial charge in [0.2, 0.25) is 0 Å². The summed E-state index contributed by atoms with van der Waals surface area (Å²) in [5.74, 6) is 0.435. The number of hydrogen-bond donors (Lipinski definition) is 0. The molecule has 98 valence electrons. The maximum atomic E-state index is 11.1. The van der Waals surface area contributed by atoms with Crippen molar-refractivity contribution in [2.75, 3.05) is 40.3 Å². The van der Waals surface area contributed by atoms with Crippen LogP contribution in [-0.4, -0.2) is 62.1 Å². The average Bonchev–Trinajstić information content (AvgIpc) is 2.60. The smallest absolute Gasteiger partial charge is 0.330 e. The highest BCUT2D eigenvalue weighted by molar-refractivity contribution is 5.81. The van der Waals surface area contributed by atoms with E-state index < -0.39 is 0 Å². The van der Waals surface area contributed by atoms with Gasteiger partial charge >= 0.3 is 5.97 Å². The molecule has 0 aromatic heterocycles. The van der Waals surface area contributed by atoms with Gasteiger partial charge in [0.1, 0.15) is 0 Å². The number of carbonyl (C=O) groups is 1. The number of likely N-dealkylation sites (N-methyl/N-ethyl adjacent to an activating group) is 1. The molecule has 0 aliphatic carbocycles. The van der Waals surface area contributed by atoms with Crippen molar-refractivity contribution in [3.05, 3.63) is 12.2 Å². The van der Waals surface area contributed by atoms with E-state index in [0.717, 1.165) is 19.6 Å². The molecule has 0 aromatic carbocycles. The zero-order chi connectivity index (χ0) is 12.8. The maximum absolute atomic E-state index is 11.1. The molecule has 0 radical (unpaired) electrons. The standard InChI is InChI=1S/C13H24N2O2/c1-5-17-13(16)7-6-8-15-9-11(2)12(10-15)14(3)4/h6-7,11-12H,5,8-10H2,1-4H3/b7-6+. The molecular weight excluding hydrogens is 216 g/mol. The van der Waals surface area contributed by atoms with Gasteiger partial charge in [0, 0.05) is 31.8 Å². The monoisotopic (exact) mass is 240 g/mol. The minimum Gasteiger partial charge on any atom is -0.463 e. The van der Waals surface area contributed by atoms with Crippen LogP contribution in [0.5, 0.6) is 0 Å². The van der Waals surface area contributed by atoms with E-state index in [2.05, 4.69) is 30.8 Å². The maximum Gasteiger partial charge on any atom is 0.330 e. The fraction of sp³-hybridized carbons (Fsp3) is 0.769. The number of esters is 1. The van der Waals surface area contributed by atoms with Gasteiger partial charge in [0.25, 0.3) is 0 Å². The molecule has 0 amide bonds. The van der Waals surface area contributed by atoms with Crippen molar-refractivity contribution >= 4 is 5.97 Å². The Kier molecular flexibility index (Phi) is 5.65. The fourth-order valence-electron chi connectivity index (χ4n) is 2.36. The van der Waals surface area contributed by atoms with Gasteiger partial charge in [0.05, 0.1) is 6.61 Å². The molecule has 1 aliphatic rings. The quantitative estimate of drug-likeness (QED) is 0.530. The molecule has 0 bridgehead atoms. The van der Waals surface area contributed by atoms with Crippen molar-refractivity contribution in [2.24, 2.45) is 5.92 Å². The van der Waals surface area contributed by atoms with Crippen LogP contribution in [0.1, 0.15) is 13.8 Å². The highest BCUT2D eigenvalue weighted by Gasteiger charge is 2.29. The first-order valence-corrected chi connectivity index (χ1v) is 6.26. The first-order valence-electron chi connectivity index (χ1n) is 6.26. The molecule has 4 heteroatoms. The summed E-state index contributed by atoms with van der Waals surface area (Å²) in [5.41, 5.74) is 0. The molecule has 2 atom stereocenters. The SMILES string of the molecule is CCOC(=O)/C=C/CN1CC(C)C(N(C)C)C1. The Morgan fingerprint density at radius 2 is 2.18 bits per heavy atom. The molecule has 4 nitrogen and oxygen atoms in total. The van der Waals surface area contributed by atoms with Gasteiger partial charge in [-0.1, -0.05) is 13.0 Å². The lowest BCUT2D eigenvalue weighted by Gasteiger charge is -2.22. The lowest BCUT2D eigenvalue weighted by Crippen LogP contribution is -2.34. The summed E-state index contributed by atoms with van der Waals surface area (Å²) in [4.78, 5) is 15.8. The third-order valence-electron chi connectivity index (χ3n) is 3.22. The van der Waals surface area contributed by atoms with E-state index in [1.54, 1.807) is 0 Å². The summed E-state index contributed by atoms with van der Waals surface area (Å²) in [6.07, 6.45) is 3.42. The number of carbonyl (C=O) groups excluding carboxylic acids is 1. The Balaban J connectivity index is 2.32. The number of ether oxygens (including phenoxy) is 1. The van der Waals surface area contributed by atoms with Crippen molar-refractivity contribution in [1.29, 1.82) is 0 Å². The number of nitrogens with zero attached hydrogens (tertiary/aromatic N) is 2. The second-order valence-corrected chi connectivity index (χ2v) is 4.88.